The fraction of sp³-hybridized carbons (Fsp3) is 0. The van der Waals surface area contributed by atoms with Gasteiger partial charge in [-0.2, -0.15) is 0 Å². The molecule has 2 aromatic carbocycles. The van der Waals surface area contributed by atoms with E-state index in [1.165, 1.54) is 0 Å². The highest BCUT2D eigenvalue weighted by atomic mass is 16.4. The Balaban J connectivity index is 2.05. The maximum Gasteiger partial charge on any atom is 0.328 e. The molecule has 0 saturated carbocycles. The van der Waals surface area contributed by atoms with Crippen LogP contribution in [0.25, 0.3) is 22.8 Å². The summed E-state index contributed by atoms with van der Waals surface area (Å²) in [6.45, 7) is 0. The number of hydrogen-bond donors (Lipinski definition) is 1. The van der Waals surface area contributed by atoms with E-state index in [0.29, 0.717) is 0 Å². The van der Waals surface area contributed by atoms with Crippen LogP contribution in [0.15, 0.2) is 60.9 Å². The summed E-state index contributed by atoms with van der Waals surface area (Å²) in [7, 11) is 0. The number of carboxylic acids is 1. The second-order valence-corrected chi connectivity index (χ2v) is 4.37. The van der Waals surface area contributed by atoms with Gasteiger partial charge >= 0.3 is 5.97 Å². The standard InChI is InChI=1S/C16H12N2O2/c19-16(20)9-7-12-6-8-15-14(10-12)17-11-18(15)13-4-2-1-3-5-13/h1-11H,(H,19,20). The maximum atomic E-state index is 10.5. The molecule has 4 nitrogen and oxygen atoms in total. The number of fused-ring (bicyclic) bond motifs is 1. The molecule has 0 radical (unpaired) electrons. The first-order valence-corrected chi connectivity index (χ1v) is 6.17. The zero-order valence-electron chi connectivity index (χ0n) is 10.6. The molecule has 0 spiro atoms. The van der Waals surface area contributed by atoms with Gasteiger partial charge in [-0.1, -0.05) is 24.3 Å². The maximum absolute atomic E-state index is 10.5. The minimum Gasteiger partial charge on any atom is -0.478 e. The molecule has 0 atom stereocenters. The monoisotopic (exact) mass is 264 g/mol. The Labute approximate surface area is 115 Å². The number of carboxylic acid groups (broad SMARTS) is 1. The smallest absolute Gasteiger partial charge is 0.328 e. The molecule has 0 fully saturated rings. The number of hydrogen-bond acceptors (Lipinski definition) is 2. The number of aromatic nitrogens is 2. The molecule has 0 unspecified atom stereocenters. The van der Waals surface area contributed by atoms with E-state index in [1.807, 2.05) is 53.1 Å². The molecule has 98 valence electrons. The Bertz CT molecular complexity index is 789. The van der Waals surface area contributed by atoms with Crippen molar-refractivity contribution >= 4 is 23.1 Å². The number of imidazole rings is 1. The van der Waals surface area contributed by atoms with Crippen molar-refractivity contribution in [2.24, 2.45) is 0 Å². The lowest BCUT2D eigenvalue weighted by Crippen LogP contribution is -1.90. The summed E-state index contributed by atoms with van der Waals surface area (Å²) in [6, 6.07) is 15.6. The summed E-state index contributed by atoms with van der Waals surface area (Å²) in [5.74, 6) is -0.958. The van der Waals surface area contributed by atoms with Crippen molar-refractivity contribution in [1.82, 2.24) is 9.55 Å². The van der Waals surface area contributed by atoms with Crippen LogP contribution in [0.3, 0.4) is 0 Å². The minimum absolute atomic E-state index is 0.818. The highest BCUT2D eigenvalue weighted by molar-refractivity contribution is 5.87. The second kappa shape index (κ2) is 5.01. The largest absolute Gasteiger partial charge is 0.478 e. The molecule has 1 N–H and O–H groups in total. The fourth-order valence-electron chi connectivity index (χ4n) is 2.10. The Morgan fingerprint density at radius 1 is 1.15 bits per heavy atom. The van der Waals surface area contributed by atoms with Crippen LogP contribution in [-0.2, 0) is 4.79 Å². The van der Waals surface area contributed by atoms with Gasteiger partial charge in [0.15, 0.2) is 0 Å². The van der Waals surface area contributed by atoms with E-state index in [-0.39, 0.29) is 0 Å². The van der Waals surface area contributed by atoms with E-state index < -0.39 is 5.97 Å². The van der Waals surface area contributed by atoms with Crippen molar-refractivity contribution in [1.29, 1.82) is 0 Å². The topological polar surface area (TPSA) is 55.1 Å². The lowest BCUT2D eigenvalue weighted by Gasteiger charge is -2.03. The van der Waals surface area contributed by atoms with E-state index in [9.17, 15) is 4.79 Å². The quantitative estimate of drug-likeness (QED) is 0.739. The van der Waals surface area contributed by atoms with Crippen molar-refractivity contribution < 1.29 is 9.90 Å². The molecule has 1 aromatic heterocycles. The van der Waals surface area contributed by atoms with Gasteiger partial charge < -0.3 is 5.11 Å². The van der Waals surface area contributed by atoms with Gasteiger partial charge in [-0.3, -0.25) is 4.57 Å². The molecule has 0 saturated heterocycles. The number of para-hydroxylation sites is 1. The van der Waals surface area contributed by atoms with Crippen LogP contribution < -0.4 is 0 Å². The first-order valence-electron chi connectivity index (χ1n) is 6.17. The fourth-order valence-corrected chi connectivity index (χ4v) is 2.10. The third kappa shape index (κ3) is 2.31. The molecule has 20 heavy (non-hydrogen) atoms. The summed E-state index contributed by atoms with van der Waals surface area (Å²) >= 11 is 0. The average molecular weight is 264 g/mol. The molecule has 4 heteroatoms. The molecule has 0 amide bonds. The Morgan fingerprint density at radius 3 is 2.70 bits per heavy atom. The molecule has 0 bridgehead atoms. The number of benzene rings is 2. The second-order valence-electron chi connectivity index (χ2n) is 4.37. The molecule has 0 aliphatic heterocycles. The number of rotatable bonds is 3. The van der Waals surface area contributed by atoms with E-state index in [2.05, 4.69) is 4.98 Å². The summed E-state index contributed by atoms with van der Waals surface area (Å²) in [6.07, 6.45) is 4.45. The molecular formula is C16H12N2O2. The Hall–Kier alpha value is -2.88. The average Bonchev–Trinajstić information content (AvgIpc) is 2.89. The zero-order valence-corrected chi connectivity index (χ0v) is 10.6. The van der Waals surface area contributed by atoms with Crippen LogP contribution in [0.5, 0.6) is 0 Å². The number of nitrogens with zero attached hydrogens (tertiary/aromatic N) is 2. The van der Waals surface area contributed by atoms with Gasteiger partial charge in [-0.25, -0.2) is 9.78 Å². The third-order valence-electron chi connectivity index (χ3n) is 3.02. The van der Waals surface area contributed by atoms with E-state index in [4.69, 9.17) is 5.11 Å². The lowest BCUT2D eigenvalue weighted by atomic mass is 10.2. The van der Waals surface area contributed by atoms with Gasteiger partial charge in [0.05, 0.1) is 11.0 Å². The lowest BCUT2D eigenvalue weighted by molar-refractivity contribution is -0.131. The van der Waals surface area contributed by atoms with Gasteiger partial charge in [-0.05, 0) is 35.9 Å². The normalized spacial score (nSPS) is 11.2. The van der Waals surface area contributed by atoms with Gasteiger partial charge in [0, 0.05) is 11.8 Å². The molecule has 3 aromatic rings. The summed E-state index contributed by atoms with van der Waals surface area (Å²) in [5, 5.41) is 8.63. The van der Waals surface area contributed by atoms with Crippen LogP contribution in [0.4, 0.5) is 0 Å². The minimum atomic E-state index is -0.958. The first-order chi connectivity index (χ1) is 9.74. The van der Waals surface area contributed by atoms with Crippen LogP contribution in [0, 0.1) is 0 Å². The highest BCUT2D eigenvalue weighted by Crippen LogP contribution is 2.19. The molecule has 3 rings (SSSR count). The summed E-state index contributed by atoms with van der Waals surface area (Å²) in [5.41, 5.74) is 3.69. The van der Waals surface area contributed by atoms with Crippen LogP contribution in [-0.4, -0.2) is 20.6 Å². The molecule has 1 heterocycles. The predicted molar refractivity (Wildman–Crippen MR) is 77.7 cm³/mol. The van der Waals surface area contributed by atoms with Crippen molar-refractivity contribution in [2.75, 3.05) is 0 Å². The van der Waals surface area contributed by atoms with Crippen molar-refractivity contribution in [3.63, 3.8) is 0 Å². The zero-order chi connectivity index (χ0) is 13.9. The predicted octanol–water partition coefficient (Wildman–Crippen LogP) is 3.12. The van der Waals surface area contributed by atoms with Gasteiger partial charge in [0.1, 0.15) is 6.33 Å². The highest BCUT2D eigenvalue weighted by Gasteiger charge is 2.04. The summed E-state index contributed by atoms with van der Waals surface area (Å²) in [4.78, 5) is 14.9. The first kappa shape index (κ1) is 12.2. The Morgan fingerprint density at radius 2 is 1.95 bits per heavy atom. The van der Waals surface area contributed by atoms with Crippen LogP contribution >= 0.6 is 0 Å². The number of carbonyl (C=O) groups is 1. The molecule has 0 aliphatic carbocycles. The third-order valence-corrected chi connectivity index (χ3v) is 3.02. The van der Waals surface area contributed by atoms with Crippen molar-refractivity contribution in [2.45, 2.75) is 0 Å². The van der Waals surface area contributed by atoms with E-state index in [0.717, 1.165) is 28.4 Å². The molecular weight excluding hydrogens is 252 g/mol. The van der Waals surface area contributed by atoms with Crippen molar-refractivity contribution in [3.8, 4) is 5.69 Å². The van der Waals surface area contributed by atoms with E-state index in [1.54, 1.807) is 12.4 Å². The van der Waals surface area contributed by atoms with Gasteiger partial charge in [-0.15, -0.1) is 0 Å². The van der Waals surface area contributed by atoms with Crippen LogP contribution in [0.1, 0.15) is 5.56 Å². The number of aliphatic carboxylic acids is 1. The Kier molecular flexibility index (Phi) is 3.05. The SMILES string of the molecule is O=C(O)C=Cc1ccc2c(c1)ncn2-c1ccccc1. The van der Waals surface area contributed by atoms with Gasteiger partial charge in [0.25, 0.3) is 0 Å². The molecule has 0 aliphatic rings. The van der Waals surface area contributed by atoms with E-state index >= 15 is 0 Å². The van der Waals surface area contributed by atoms with Gasteiger partial charge in [0.2, 0.25) is 0 Å². The summed E-state index contributed by atoms with van der Waals surface area (Å²) < 4.78 is 2.00. The van der Waals surface area contributed by atoms with Crippen molar-refractivity contribution in [3.05, 3.63) is 66.5 Å². The van der Waals surface area contributed by atoms with Crippen LogP contribution in [0.2, 0.25) is 0 Å².